The molecule has 0 saturated carbocycles. The molecule has 2 rings (SSSR count). The fourth-order valence-electron chi connectivity index (χ4n) is 2.14. The first kappa shape index (κ1) is 16.2. The molecular formula is C15H20N2O2S2. The van der Waals surface area contributed by atoms with Gasteiger partial charge in [0, 0.05) is 17.5 Å². The van der Waals surface area contributed by atoms with Crippen LogP contribution < -0.4 is 5.14 Å². The molecule has 0 spiro atoms. The lowest BCUT2D eigenvalue weighted by atomic mass is 10.1. The highest BCUT2D eigenvalue weighted by atomic mass is 32.2. The van der Waals surface area contributed by atoms with Crippen LogP contribution >= 0.6 is 11.3 Å². The maximum absolute atomic E-state index is 11.4. The minimum absolute atomic E-state index is 0.131. The van der Waals surface area contributed by atoms with Gasteiger partial charge in [-0.25, -0.2) is 13.6 Å². The monoisotopic (exact) mass is 324 g/mol. The van der Waals surface area contributed by atoms with Crippen molar-refractivity contribution in [1.29, 1.82) is 0 Å². The van der Waals surface area contributed by atoms with Crippen LogP contribution in [0, 0.1) is 0 Å². The first-order valence-corrected chi connectivity index (χ1v) is 9.16. The van der Waals surface area contributed by atoms with Gasteiger partial charge in [-0.1, -0.05) is 18.2 Å². The quantitative estimate of drug-likeness (QED) is 0.888. The normalized spacial score (nSPS) is 13.5. The van der Waals surface area contributed by atoms with E-state index in [1.807, 2.05) is 13.1 Å². The van der Waals surface area contributed by atoms with Gasteiger partial charge >= 0.3 is 0 Å². The van der Waals surface area contributed by atoms with E-state index < -0.39 is 10.0 Å². The van der Waals surface area contributed by atoms with E-state index in [1.54, 1.807) is 23.5 Å². The molecular weight excluding hydrogens is 304 g/mol. The lowest BCUT2D eigenvalue weighted by molar-refractivity contribution is 0.265. The number of hydrogen-bond acceptors (Lipinski definition) is 4. The molecule has 1 aromatic carbocycles. The van der Waals surface area contributed by atoms with Crippen molar-refractivity contribution < 1.29 is 8.42 Å². The van der Waals surface area contributed by atoms with Crippen molar-refractivity contribution in [2.24, 2.45) is 5.14 Å². The molecule has 4 nitrogen and oxygen atoms in total. The maximum atomic E-state index is 11.4. The third-order valence-electron chi connectivity index (χ3n) is 3.62. The Kier molecular flexibility index (Phi) is 5.16. The van der Waals surface area contributed by atoms with E-state index in [1.165, 1.54) is 10.9 Å². The predicted octanol–water partition coefficient (Wildman–Crippen LogP) is 2.63. The Labute approximate surface area is 130 Å². The molecule has 0 radical (unpaired) electrons. The van der Waals surface area contributed by atoms with Crippen LogP contribution in [0.4, 0.5) is 0 Å². The van der Waals surface area contributed by atoms with E-state index in [0.29, 0.717) is 0 Å². The minimum atomic E-state index is -3.65. The van der Waals surface area contributed by atoms with E-state index >= 15 is 0 Å². The maximum Gasteiger partial charge on any atom is 0.238 e. The Morgan fingerprint density at radius 3 is 2.67 bits per heavy atom. The minimum Gasteiger partial charge on any atom is -0.299 e. The highest BCUT2D eigenvalue weighted by molar-refractivity contribution is 7.89. The van der Waals surface area contributed by atoms with Gasteiger partial charge in [0.25, 0.3) is 0 Å². The zero-order chi connectivity index (χ0) is 15.5. The SMILES string of the molecule is CC(c1cccc(S(N)(=O)=O)c1)N(C)CCc1cccs1. The van der Waals surface area contributed by atoms with Crippen LogP contribution in [0.1, 0.15) is 23.4 Å². The van der Waals surface area contributed by atoms with Crippen LogP contribution in [0.15, 0.2) is 46.7 Å². The number of likely N-dealkylation sites (N-methyl/N-ethyl adjacent to an activating group) is 1. The molecule has 114 valence electrons. The molecule has 2 N–H and O–H groups in total. The largest absolute Gasteiger partial charge is 0.299 e. The molecule has 0 fully saturated rings. The van der Waals surface area contributed by atoms with Crippen LogP contribution in [0.3, 0.4) is 0 Å². The number of primary sulfonamides is 1. The third-order valence-corrected chi connectivity index (χ3v) is 5.47. The molecule has 6 heteroatoms. The van der Waals surface area contributed by atoms with Gasteiger partial charge in [0.2, 0.25) is 10.0 Å². The van der Waals surface area contributed by atoms with E-state index in [-0.39, 0.29) is 10.9 Å². The number of rotatable bonds is 6. The third kappa shape index (κ3) is 4.38. The molecule has 0 aliphatic carbocycles. The van der Waals surface area contributed by atoms with Gasteiger partial charge in [0.15, 0.2) is 0 Å². The molecule has 1 heterocycles. The molecule has 1 aromatic heterocycles. The first-order valence-electron chi connectivity index (χ1n) is 6.73. The summed E-state index contributed by atoms with van der Waals surface area (Å²) in [5.41, 5.74) is 0.954. The summed E-state index contributed by atoms with van der Waals surface area (Å²) in [6.45, 7) is 2.98. The molecule has 0 aliphatic rings. The summed E-state index contributed by atoms with van der Waals surface area (Å²) in [6, 6.07) is 11.2. The van der Waals surface area contributed by atoms with Crippen LogP contribution in [0.2, 0.25) is 0 Å². The second kappa shape index (κ2) is 6.70. The first-order chi connectivity index (χ1) is 9.88. The Bertz CT molecular complexity index is 681. The Balaban J connectivity index is 2.06. The number of benzene rings is 1. The zero-order valence-corrected chi connectivity index (χ0v) is 13.8. The van der Waals surface area contributed by atoms with Gasteiger partial charge in [-0.2, -0.15) is 0 Å². The lowest BCUT2D eigenvalue weighted by Gasteiger charge is -2.25. The predicted molar refractivity (Wildman–Crippen MR) is 86.9 cm³/mol. The Hall–Kier alpha value is -1.21. The van der Waals surface area contributed by atoms with Crippen molar-refractivity contribution in [2.45, 2.75) is 24.3 Å². The van der Waals surface area contributed by atoms with Crippen LogP contribution in [-0.2, 0) is 16.4 Å². The average molecular weight is 324 g/mol. The second-order valence-electron chi connectivity index (χ2n) is 5.10. The molecule has 0 saturated heterocycles. The highest BCUT2D eigenvalue weighted by Crippen LogP contribution is 2.22. The molecule has 0 amide bonds. The number of nitrogens with zero attached hydrogens (tertiary/aromatic N) is 1. The molecule has 0 bridgehead atoms. The topological polar surface area (TPSA) is 63.4 Å². The van der Waals surface area contributed by atoms with Crippen LogP contribution in [0.25, 0.3) is 0 Å². The van der Waals surface area contributed by atoms with Crippen molar-refractivity contribution in [3.8, 4) is 0 Å². The second-order valence-corrected chi connectivity index (χ2v) is 7.70. The summed E-state index contributed by atoms with van der Waals surface area (Å²) in [7, 11) is -1.61. The van der Waals surface area contributed by atoms with Crippen molar-refractivity contribution in [3.63, 3.8) is 0 Å². The van der Waals surface area contributed by atoms with Crippen molar-refractivity contribution in [2.75, 3.05) is 13.6 Å². The number of sulfonamides is 1. The Morgan fingerprint density at radius 2 is 2.05 bits per heavy atom. The van der Waals surface area contributed by atoms with Crippen molar-refractivity contribution in [3.05, 3.63) is 52.2 Å². The van der Waals surface area contributed by atoms with Gasteiger partial charge in [-0.3, -0.25) is 4.90 Å². The summed E-state index contributed by atoms with van der Waals surface area (Å²) < 4.78 is 22.8. The molecule has 1 atom stereocenters. The molecule has 1 unspecified atom stereocenters. The summed E-state index contributed by atoms with van der Waals surface area (Å²) in [5, 5.41) is 7.26. The highest BCUT2D eigenvalue weighted by Gasteiger charge is 2.15. The summed E-state index contributed by atoms with van der Waals surface area (Å²) in [5.74, 6) is 0. The number of nitrogens with two attached hydrogens (primary N) is 1. The van der Waals surface area contributed by atoms with Crippen LogP contribution in [-0.4, -0.2) is 26.9 Å². The Morgan fingerprint density at radius 1 is 1.29 bits per heavy atom. The summed E-state index contributed by atoms with van der Waals surface area (Å²) in [4.78, 5) is 3.73. The van der Waals surface area contributed by atoms with E-state index in [9.17, 15) is 8.42 Å². The van der Waals surface area contributed by atoms with Crippen molar-refractivity contribution >= 4 is 21.4 Å². The van der Waals surface area contributed by atoms with Gasteiger partial charge in [0.1, 0.15) is 0 Å². The fourth-order valence-corrected chi connectivity index (χ4v) is 3.41. The van der Waals surface area contributed by atoms with Crippen molar-refractivity contribution in [1.82, 2.24) is 4.90 Å². The van der Waals surface area contributed by atoms with E-state index in [0.717, 1.165) is 18.5 Å². The average Bonchev–Trinajstić information content (AvgIpc) is 2.96. The fraction of sp³-hybridized carbons (Fsp3) is 0.333. The van der Waals surface area contributed by atoms with Gasteiger partial charge in [0.05, 0.1) is 4.90 Å². The van der Waals surface area contributed by atoms with E-state index in [2.05, 4.69) is 29.3 Å². The van der Waals surface area contributed by atoms with Gasteiger partial charge < -0.3 is 0 Å². The smallest absolute Gasteiger partial charge is 0.238 e. The van der Waals surface area contributed by atoms with Crippen LogP contribution in [0.5, 0.6) is 0 Å². The lowest BCUT2D eigenvalue weighted by Crippen LogP contribution is -2.25. The number of thiophene rings is 1. The summed E-state index contributed by atoms with van der Waals surface area (Å²) in [6.07, 6.45) is 0.993. The zero-order valence-electron chi connectivity index (χ0n) is 12.2. The molecule has 2 aromatic rings. The summed E-state index contributed by atoms with van der Waals surface area (Å²) >= 11 is 1.76. The molecule has 21 heavy (non-hydrogen) atoms. The van der Waals surface area contributed by atoms with Gasteiger partial charge in [-0.15, -0.1) is 11.3 Å². The standard InChI is InChI=1S/C15H20N2O2S2/c1-12(17(2)9-8-14-6-4-10-20-14)13-5-3-7-15(11-13)21(16,18)19/h3-7,10-12H,8-9H2,1-2H3,(H2,16,18,19). The van der Waals surface area contributed by atoms with Gasteiger partial charge in [-0.05, 0) is 49.5 Å². The van der Waals surface area contributed by atoms with E-state index in [4.69, 9.17) is 5.14 Å². The number of hydrogen-bond donors (Lipinski definition) is 1. The molecule has 0 aliphatic heterocycles.